The molecule has 12 nitrogen and oxygen atoms in total. The van der Waals surface area contributed by atoms with Gasteiger partial charge in [0.1, 0.15) is 12.1 Å². The molecule has 5 aliphatic carbocycles. The molecule has 0 aromatic heterocycles. The molecule has 5 N–H and O–H groups in total. The third-order valence-electron chi connectivity index (χ3n) is 14.0. The molecule has 1 aliphatic heterocycles. The van der Waals surface area contributed by atoms with E-state index in [4.69, 9.17) is 9.57 Å². The lowest BCUT2D eigenvalue weighted by Gasteiger charge is -2.62. The number of ether oxygens (including phenoxy) is 1. The van der Waals surface area contributed by atoms with Gasteiger partial charge in [-0.05, 0) is 101 Å². The second-order valence-electron chi connectivity index (χ2n) is 17.4. The first-order valence-electron chi connectivity index (χ1n) is 19.4. The molecule has 14 atom stereocenters. The van der Waals surface area contributed by atoms with Gasteiger partial charge in [0.25, 0.3) is 0 Å². The van der Waals surface area contributed by atoms with Gasteiger partial charge < -0.3 is 35.8 Å². The number of hydrogen-bond donors (Lipinski definition) is 5. The Bertz CT molecular complexity index is 1180. The normalized spacial score (nSPS) is 40.5. The van der Waals surface area contributed by atoms with Crippen LogP contribution >= 0.6 is 0 Å². The number of nitrogens with one attached hydrogen (secondary N) is 3. The zero-order valence-electron chi connectivity index (χ0n) is 31.9. The van der Waals surface area contributed by atoms with E-state index in [0.717, 1.165) is 44.9 Å². The van der Waals surface area contributed by atoms with Gasteiger partial charge in [0.15, 0.2) is 0 Å². The maximum atomic E-state index is 14.2. The number of carbonyl (C=O) groups excluding carboxylic acids is 3. The number of amides is 3. The van der Waals surface area contributed by atoms with Gasteiger partial charge >= 0.3 is 0 Å². The molecule has 5 saturated carbocycles. The minimum absolute atomic E-state index is 0.0416. The highest BCUT2D eigenvalue weighted by molar-refractivity contribution is 5.83. The van der Waals surface area contributed by atoms with Crippen molar-refractivity contribution in [1.29, 1.82) is 0 Å². The van der Waals surface area contributed by atoms with Gasteiger partial charge in [-0.3, -0.25) is 19.2 Å². The van der Waals surface area contributed by atoms with Gasteiger partial charge in [0.2, 0.25) is 17.7 Å². The summed E-state index contributed by atoms with van der Waals surface area (Å²) in [6.45, 7) is 11.1. The van der Waals surface area contributed by atoms with Crippen LogP contribution in [0.1, 0.15) is 86.0 Å². The highest BCUT2D eigenvalue weighted by atomic mass is 16.7. The molecule has 50 heavy (non-hydrogen) atoms. The molecule has 6 rings (SSSR count). The molecule has 0 radical (unpaired) electrons. The van der Waals surface area contributed by atoms with Crippen LogP contribution in [0.5, 0.6) is 0 Å². The summed E-state index contributed by atoms with van der Waals surface area (Å²) in [4.78, 5) is 47.5. The van der Waals surface area contributed by atoms with E-state index in [1.54, 1.807) is 19.1 Å². The Labute approximate surface area is 300 Å². The van der Waals surface area contributed by atoms with E-state index in [-0.39, 0.29) is 66.2 Å². The number of rotatable bonds is 13. The fourth-order valence-corrected chi connectivity index (χ4v) is 11.0. The Morgan fingerprint density at radius 2 is 1.76 bits per heavy atom. The lowest BCUT2D eigenvalue weighted by atomic mass is 9.45. The summed E-state index contributed by atoms with van der Waals surface area (Å²) in [7, 11) is 5.94. The second kappa shape index (κ2) is 16.5. The van der Waals surface area contributed by atoms with Gasteiger partial charge in [-0.2, -0.15) is 5.06 Å². The van der Waals surface area contributed by atoms with Crippen LogP contribution in [0.2, 0.25) is 0 Å². The molecular weight excluding hydrogens is 638 g/mol. The lowest BCUT2D eigenvalue weighted by molar-refractivity contribution is -0.193. The van der Waals surface area contributed by atoms with E-state index in [0.29, 0.717) is 42.8 Å². The third-order valence-corrected chi connectivity index (χ3v) is 14.0. The van der Waals surface area contributed by atoms with Gasteiger partial charge in [0.05, 0.1) is 18.8 Å². The Morgan fingerprint density at radius 3 is 2.36 bits per heavy atom. The fourth-order valence-electron chi connectivity index (χ4n) is 11.0. The number of hydroxylamine groups is 2. The van der Waals surface area contributed by atoms with Crippen molar-refractivity contribution in [2.75, 3.05) is 47.4 Å². The third kappa shape index (κ3) is 8.20. The highest BCUT2D eigenvalue weighted by Crippen LogP contribution is 2.61. The summed E-state index contributed by atoms with van der Waals surface area (Å²) < 4.78 is 6.33. The number of aliphatic hydroxyl groups is 2. The number of carbonyl (C=O) groups is 3. The summed E-state index contributed by atoms with van der Waals surface area (Å²) in [5, 5.41) is 32.2. The second-order valence-corrected chi connectivity index (χ2v) is 17.4. The Balaban J connectivity index is 1.29. The van der Waals surface area contributed by atoms with Crippen molar-refractivity contribution in [3.05, 3.63) is 0 Å². The zero-order chi connectivity index (χ0) is 36.5. The van der Waals surface area contributed by atoms with Gasteiger partial charge in [-0.15, -0.1) is 0 Å². The van der Waals surface area contributed by atoms with Crippen molar-refractivity contribution in [3.63, 3.8) is 0 Å². The van der Waals surface area contributed by atoms with Crippen LogP contribution in [-0.4, -0.2) is 122 Å². The summed E-state index contributed by atoms with van der Waals surface area (Å²) in [6, 6.07) is -0.369. The summed E-state index contributed by atoms with van der Waals surface area (Å²) >= 11 is 0. The molecule has 0 aromatic rings. The van der Waals surface area contributed by atoms with Crippen molar-refractivity contribution in [1.82, 2.24) is 25.9 Å². The summed E-state index contributed by atoms with van der Waals surface area (Å²) in [5.74, 6) is 1.28. The van der Waals surface area contributed by atoms with E-state index in [1.807, 2.05) is 0 Å². The maximum Gasteiger partial charge on any atom is 0.240 e. The van der Waals surface area contributed by atoms with Gasteiger partial charge in [-0.25, -0.2) is 0 Å². The van der Waals surface area contributed by atoms with Crippen LogP contribution in [0.15, 0.2) is 0 Å². The van der Waals surface area contributed by atoms with Crippen molar-refractivity contribution in [2.45, 2.75) is 122 Å². The zero-order valence-corrected chi connectivity index (χ0v) is 31.9. The Kier molecular flexibility index (Phi) is 13.0. The summed E-state index contributed by atoms with van der Waals surface area (Å²) in [6.07, 6.45) is 6.10. The van der Waals surface area contributed by atoms with Crippen LogP contribution in [0, 0.1) is 52.8 Å². The van der Waals surface area contributed by atoms with Gasteiger partial charge in [0, 0.05) is 63.5 Å². The standard InChI is InChI=1S/C38H67N5O7/c1-21-30-17-27(38(30,4)5)18-31(21)41-37(48)34-33(22(2)45)32(20-44)50-43(34)19-24-10-9-11-29(35(24)49-8)25-14-26(16-28(15-25)42(6)7)36(47)40-13-12-39-23(3)46/h21-22,24-35,44-45H,9-20H2,1-8H3,(H,39,46)(H,40,47)(H,41,48)/t21-,22?,24?,25?,26?,27+,28?,29?,30-,31-,32-,33?,34-,35?/m0/s1. The van der Waals surface area contributed by atoms with E-state index in [2.05, 4.69) is 55.7 Å². The molecule has 8 unspecified atom stereocenters. The molecule has 12 heteroatoms. The van der Waals surface area contributed by atoms with Crippen molar-refractivity contribution >= 4 is 17.7 Å². The van der Waals surface area contributed by atoms with E-state index in [9.17, 15) is 24.6 Å². The molecule has 0 spiro atoms. The highest BCUT2D eigenvalue weighted by Gasteiger charge is 2.58. The van der Waals surface area contributed by atoms with Crippen LogP contribution in [-0.2, 0) is 24.0 Å². The van der Waals surface area contributed by atoms with E-state index in [1.165, 1.54) is 13.3 Å². The molecule has 1 heterocycles. The minimum Gasteiger partial charge on any atom is -0.394 e. The van der Waals surface area contributed by atoms with Crippen molar-refractivity contribution in [2.24, 2.45) is 52.8 Å². The quantitative estimate of drug-likeness (QED) is 0.182. The largest absolute Gasteiger partial charge is 0.394 e. The van der Waals surface area contributed by atoms with Crippen LogP contribution in [0.25, 0.3) is 0 Å². The first kappa shape index (κ1) is 39.4. The lowest BCUT2D eigenvalue weighted by Crippen LogP contribution is -2.62. The van der Waals surface area contributed by atoms with Gasteiger partial charge in [-0.1, -0.05) is 27.2 Å². The first-order chi connectivity index (χ1) is 23.7. The van der Waals surface area contributed by atoms with Crippen LogP contribution in [0.4, 0.5) is 0 Å². The molecule has 6 aliphatic rings. The number of aliphatic hydroxyl groups excluding tert-OH is 2. The SMILES string of the molecule is COC1C(CN2O[C@@H](CO)C(C(C)O)[C@H]2C(=O)N[C@H]2C[C@H]3C[C@@H]([C@@H]2C)C3(C)C)CCCC1C1CC(C(=O)NCCNC(C)=O)CC(N(C)C)C1. The fraction of sp³-hybridized carbons (Fsp3) is 0.921. The molecular formula is C38H67N5O7. The van der Waals surface area contributed by atoms with Crippen molar-refractivity contribution < 1.29 is 34.2 Å². The topological polar surface area (TPSA) is 153 Å². The number of fused-ring (bicyclic) bond motifs is 2. The number of nitrogens with zero attached hydrogens (tertiary/aromatic N) is 2. The minimum atomic E-state index is -0.840. The summed E-state index contributed by atoms with van der Waals surface area (Å²) in [5.41, 5.74) is 0.308. The van der Waals surface area contributed by atoms with E-state index < -0.39 is 24.2 Å². The predicted octanol–water partition coefficient (Wildman–Crippen LogP) is 2.18. The Hall–Kier alpha value is -1.83. The molecule has 2 bridgehead atoms. The molecule has 0 aromatic carbocycles. The number of hydrogen-bond acceptors (Lipinski definition) is 9. The molecule has 6 fully saturated rings. The first-order valence-corrected chi connectivity index (χ1v) is 19.4. The molecule has 1 saturated heterocycles. The van der Waals surface area contributed by atoms with Crippen LogP contribution in [0.3, 0.4) is 0 Å². The molecule has 3 amide bonds. The Morgan fingerprint density at radius 1 is 1.04 bits per heavy atom. The smallest absolute Gasteiger partial charge is 0.240 e. The molecule has 286 valence electrons. The number of methoxy groups -OCH3 is 1. The average Bonchev–Trinajstić information content (AvgIpc) is 3.45. The van der Waals surface area contributed by atoms with Crippen LogP contribution < -0.4 is 16.0 Å². The van der Waals surface area contributed by atoms with E-state index >= 15 is 0 Å². The predicted molar refractivity (Wildman–Crippen MR) is 190 cm³/mol. The maximum absolute atomic E-state index is 14.2. The average molecular weight is 706 g/mol. The van der Waals surface area contributed by atoms with Crippen molar-refractivity contribution in [3.8, 4) is 0 Å². The monoisotopic (exact) mass is 706 g/mol.